The lowest BCUT2D eigenvalue weighted by atomic mass is 10.1. The number of nitriles is 1. The molecule has 0 N–H and O–H groups in total. The largest absolute Gasteiger partial charge is 0.341 e. The summed E-state index contributed by atoms with van der Waals surface area (Å²) in [7, 11) is 1.71. The van der Waals surface area contributed by atoms with Gasteiger partial charge in [0.1, 0.15) is 6.42 Å². The molecule has 0 fully saturated rings. The van der Waals surface area contributed by atoms with Crippen LogP contribution in [0.2, 0.25) is 0 Å². The van der Waals surface area contributed by atoms with E-state index in [1.807, 2.05) is 37.3 Å². The average molecular weight is 202 g/mol. The molecule has 0 unspecified atom stereocenters. The highest BCUT2D eigenvalue weighted by Gasteiger charge is 2.08. The molecule has 0 atom stereocenters. The second-order valence-electron chi connectivity index (χ2n) is 3.51. The molecule has 15 heavy (non-hydrogen) atoms. The summed E-state index contributed by atoms with van der Waals surface area (Å²) in [6, 6.07) is 9.78. The monoisotopic (exact) mass is 202 g/mol. The van der Waals surface area contributed by atoms with E-state index in [2.05, 4.69) is 0 Å². The molecule has 3 nitrogen and oxygen atoms in total. The first kappa shape index (κ1) is 11.3. The minimum atomic E-state index is -0.138. The molecule has 1 aromatic rings. The first-order chi connectivity index (χ1) is 7.15. The summed E-state index contributed by atoms with van der Waals surface area (Å²) in [6.07, 6.45) is -0.0532. The Morgan fingerprint density at radius 3 is 2.73 bits per heavy atom. The zero-order chi connectivity index (χ0) is 11.3. The van der Waals surface area contributed by atoms with Crippen molar-refractivity contribution in [3.8, 4) is 6.07 Å². The number of amides is 1. The van der Waals surface area contributed by atoms with Crippen molar-refractivity contribution in [2.24, 2.45) is 0 Å². The smallest absolute Gasteiger partial charge is 0.236 e. The number of carbonyl (C=O) groups excluding carboxylic acids is 1. The van der Waals surface area contributed by atoms with Gasteiger partial charge in [0, 0.05) is 13.6 Å². The SMILES string of the molecule is Cc1ccccc1CN(C)C(=O)CC#N. The quantitative estimate of drug-likeness (QED) is 0.751. The van der Waals surface area contributed by atoms with Crippen LogP contribution < -0.4 is 0 Å². The van der Waals surface area contributed by atoms with E-state index in [0.717, 1.165) is 11.1 Å². The van der Waals surface area contributed by atoms with Crippen molar-refractivity contribution in [3.63, 3.8) is 0 Å². The number of rotatable bonds is 3. The first-order valence-corrected chi connectivity index (χ1v) is 4.80. The molecule has 0 aliphatic rings. The van der Waals surface area contributed by atoms with Gasteiger partial charge in [-0.1, -0.05) is 24.3 Å². The number of carbonyl (C=O) groups is 1. The van der Waals surface area contributed by atoms with Gasteiger partial charge in [0.15, 0.2) is 0 Å². The van der Waals surface area contributed by atoms with Crippen LogP contribution in [-0.4, -0.2) is 17.9 Å². The third-order valence-electron chi connectivity index (χ3n) is 2.32. The molecule has 0 aliphatic heterocycles. The molecular formula is C12H14N2O. The summed E-state index contributed by atoms with van der Waals surface area (Å²) in [6.45, 7) is 2.57. The molecule has 0 spiro atoms. The van der Waals surface area contributed by atoms with E-state index in [9.17, 15) is 4.79 Å². The number of hydrogen-bond acceptors (Lipinski definition) is 2. The van der Waals surface area contributed by atoms with Gasteiger partial charge >= 0.3 is 0 Å². The minimum absolute atomic E-state index is 0.0532. The van der Waals surface area contributed by atoms with E-state index in [1.54, 1.807) is 11.9 Å². The van der Waals surface area contributed by atoms with E-state index in [1.165, 1.54) is 0 Å². The van der Waals surface area contributed by atoms with Crippen LogP contribution in [0.15, 0.2) is 24.3 Å². The Morgan fingerprint density at radius 2 is 2.13 bits per heavy atom. The summed E-state index contributed by atoms with van der Waals surface area (Å²) < 4.78 is 0. The third kappa shape index (κ3) is 3.10. The predicted octanol–water partition coefficient (Wildman–Crippen LogP) is 1.87. The van der Waals surface area contributed by atoms with Crippen molar-refractivity contribution in [1.82, 2.24) is 4.90 Å². The fourth-order valence-corrected chi connectivity index (χ4v) is 1.33. The highest BCUT2D eigenvalue weighted by Crippen LogP contribution is 2.09. The van der Waals surface area contributed by atoms with Crippen LogP contribution in [0.1, 0.15) is 17.5 Å². The van der Waals surface area contributed by atoms with Gasteiger partial charge in [-0.05, 0) is 18.1 Å². The molecule has 0 aromatic heterocycles. The van der Waals surface area contributed by atoms with Crippen LogP contribution in [0.3, 0.4) is 0 Å². The zero-order valence-electron chi connectivity index (χ0n) is 9.03. The lowest BCUT2D eigenvalue weighted by molar-refractivity contribution is -0.129. The van der Waals surface area contributed by atoms with Gasteiger partial charge in [-0.15, -0.1) is 0 Å². The third-order valence-corrected chi connectivity index (χ3v) is 2.32. The summed E-state index contributed by atoms with van der Waals surface area (Å²) >= 11 is 0. The Labute approximate surface area is 89.9 Å². The maximum absolute atomic E-state index is 11.4. The van der Waals surface area contributed by atoms with Crippen molar-refractivity contribution < 1.29 is 4.79 Å². The van der Waals surface area contributed by atoms with Crippen LogP contribution >= 0.6 is 0 Å². The normalized spacial score (nSPS) is 9.40. The Morgan fingerprint density at radius 1 is 1.47 bits per heavy atom. The molecule has 0 bridgehead atoms. The molecule has 0 radical (unpaired) electrons. The van der Waals surface area contributed by atoms with Crippen LogP contribution in [-0.2, 0) is 11.3 Å². The Kier molecular flexibility index (Phi) is 3.87. The zero-order valence-corrected chi connectivity index (χ0v) is 9.03. The standard InChI is InChI=1S/C12H14N2O/c1-10-5-3-4-6-11(10)9-14(2)12(15)7-8-13/h3-6H,7,9H2,1-2H3. The summed E-state index contributed by atoms with van der Waals surface area (Å²) in [4.78, 5) is 12.9. The number of benzene rings is 1. The van der Waals surface area contributed by atoms with E-state index in [-0.39, 0.29) is 12.3 Å². The van der Waals surface area contributed by atoms with E-state index in [4.69, 9.17) is 5.26 Å². The molecule has 0 aliphatic carbocycles. The van der Waals surface area contributed by atoms with Gasteiger partial charge in [0.05, 0.1) is 6.07 Å². The van der Waals surface area contributed by atoms with Crippen molar-refractivity contribution in [1.29, 1.82) is 5.26 Å². The van der Waals surface area contributed by atoms with Crippen LogP contribution in [0, 0.1) is 18.3 Å². The van der Waals surface area contributed by atoms with Gasteiger partial charge in [-0.25, -0.2) is 0 Å². The van der Waals surface area contributed by atoms with Crippen LogP contribution in [0.4, 0.5) is 0 Å². The van der Waals surface area contributed by atoms with Crippen LogP contribution in [0.25, 0.3) is 0 Å². The Hall–Kier alpha value is -1.82. The highest BCUT2D eigenvalue weighted by molar-refractivity contribution is 5.77. The van der Waals surface area contributed by atoms with Crippen molar-refractivity contribution >= 4 is 5.91 Å². The van der Waals surface area contributed by atoms with Crippen molar-refractivity contribution in [2.75, 3.05) is 7.05 Å². The van der Waals surface area contributed by atoms with Gasteiger partial charge in [0.25, 0.3) is 0 Å². The maximum atomic E-state index is 11.4. The van der Waals surface area contributed by atoms with E-state index in [0.29, 0.717) is 6.54 Å². The predicted molar refractivity (Wildman–Crippen MR) is 57.9 cm³/mol. The van der Waals surface area contributed by atoms with Gasteiger partial charge in [-0.3, -0.25) is 4.79 Å². The molecule has 0 heterocycles. The van der Waals surface area contributed by atoms with Gasteiger partial charge in [0.2, 0.25) is 5.91 Å². The minimum Gasteiger partial charge on any atom is -0.341 e. The molecule has 1 amide bonds. The summed E-state index contributed by atoms with van der Waals surface area (Å²) in [5.41, 5.74) is 2.28. The van der Waals surface area contributed by atoms with Crippen molar-refractivity contribution in [2.45, 2.75) is 19.9 Å². The van der Waals surface area contributed by atoms with Crippen molar-refractivity contribution in [3.05, 3.63) is 35.4 Å². The molecule has 1 rings (SSSR count). The highest BCUT2D eigenvalue weighted by atomic mass is 16.2. The Bertz CT molecular complexity index is 393. The lowest BCUT2D eigenvalue weighted by Gasteiger charge is -2.16. The molecule has 0 saturated heterocycles. The summed E-state index contributed by atoms with van der Waals surface area (Å²) in [5, 5.41) is 8.41. The van der Waals surface area contributed by atoms with Gasteiger partial charge < -0.3 is 4.90 Å². The van der Waals surface area contributed by atoms with Crippen LogP contribution in [0.5, 0.6) is 0 Å². The second-order valence-corrected chi connectivity index (χ2v) is 3.51. The fraction of sp³-hybridized carbons (Fsp3) is 0.333. The molecule has 3 heteroatoms. The first-order valence-electron chi connectivity index (χ1n) is 4.80. The topological polar surface area (TPSA) is 44.1 Å². The summed E-state index contributed by atoms with van der Waals surface area (Å²) in [5.74, 6) is -0.138. The Balaban J connectivity index is 2.67. The number of hydrogen-bond donors (Lipinski definition) is 0. The molecule has 78 valence electrons. The second kappa shape index (κ2) is 5.16. The molecule has 1 aromatic carbocycles. The molecular weight excluding hydrogens is 188 g/mol. The maximum Gasteiger partial charge on any atom is 0.236 e. The fourth-order valence-electron chi connectivity index (χ4n) is 1.33. The number of aryl methyl sites for hydroxylation is 1. The van der Waals surface area contributed by atoms with E-state index >= 15 is 0 Å². The lowest BCUT2D eigenvalue weighted by Crippen LogP contribution is -2.25. The average Bonchev–Trinajstić information content (AvgIpc) is 2.21. The van der Waals surface area contributed by atoms with Gasteiger partial charge in [-0.2, -0.15) is 5.26 Å². The van der Waals surface area contributed by atoms with E-state index < -0.39 is 0 Å². The number of nitrogens with zero attached hydrogens (tertiary/aromatic N) is 2. The molecule has 0 saturated carbocycles.